The number of nitrogens with one attached hydrogen (secondary N) is 2. The van der Waals surface area contributed by atoms with Gasteiger partial charge in [-0.1, -0.05) is 6.07 Å². The van der Waals surface area contributed by atoms with E-state index in [-0.39, 0.29) is 17.5 Å². The van der Waals surface area contributed by atoms with Crippen molar-refractivity contribution in [3.05, 3.63) is 45.9 Å². The maximum absolute atomic E-state index is 13.2. The molecule has 9 heteroatoms. The third-order valence-electron chi connectivity index (χ3n) is 2.55. The quantitative estimate of drug-likeness (QED) is 0.443. The Hall–Kier alpha value is -2.81. The first-order valence-electron chi connectivity index (χ1n) is 5.52. The topological polar surface area (TPSA) is 119 Å². The van der Waals surface area contributed by atoms with Crippen LogP contribution in [0.1, 0.15) is 5.56 Å². The maximum Gasteiger partial charge on any atom is 0.329 e. The zero-order valence-electron chi connectivity index (χ0n) is 10.4. The molecule has 2 aromatic rings. The predicted molar refractivity (Wildman–Crippen MR) is 70.9 cm³/mol. The number of hydrazine groups is 1. The highest BCUT2D eigenvalue weighted by Crippen LogP contribution is 2.27. The van der Waals surface area contributed by atoms with Gasteiger partial charge in [0.25, 0.3) is 0 Å². The van der Waals surface area contributed by atoms with E-state index >= 15 is 0 Å². The van der Waals surface area contributed by atoms with Crippen LogP contribution < -0.4 is 16.6 Å². The van der Waals surface area contributed by atoms with E-state index in [1.807, 2.05) is 0 Å². The van der Waals surface area contributed by atoms with Gasteiger partial charge < -0.3 is 5.32 Å². The van der Waals surface area contributed by atoms with Gasteiger partial charge in [0.1, 0.15) is 12.0 Å². The van der Waals surface area contributed by atoms with Crippen molar-refractivity contribution in [2.75, 3.05) is 10.7 Å². The average molecular weight is 278 g/mol. The van der Waals surface area contributed by atoms with Crippen LogP contribution in [0, 0.1) is 22.9 Å². The average Bonchev–Trinajstić information content (AvgIpc) is 2.42. The molecule has 0 radical (unpaired) electrons. The Bertz CT molecular complexity index is 663. The summed E-state index contributed by atoms with van der Waals surface area (Å²) in [6.07, 6.45) is 1.01. The van der Waals surface area contributed by atoms with Gasteiger partial charge in [-0.25, -0.2) is 15.2 Å². The molecular weight excluding hydrogens is 267 g/mol. The molecular formula is C11H11FN6O2. The fourth-order valence-electron chi connectivity index (χ4n) is 1.53. The van der Waals surface area contributed by atoms with Gasteiger partial charge in [-0.05, 0) is 24.6 Å². The summed E-state index contributed by atoms with van der Waals surface area (Å²) in [7, 11) is 0. The Morgan fingerprint density at radius 1 is 1.45 bits per heavy atom. The molecule has 0 spiro atoms. The zero-order chi connectivity index (χ0) is 14.7. The molecule has 1 heterocycles. The Kier molecular flexibility index (Phi) is 3.71. The number of hydrogen-bond donors (Lipinski definition) is 3. The first-order valence-corrected chi connectivity index (χ1v) is 5.52. The van der Waals surface area contributed by atoms with E-state index in [4.69, 9.17) is 5.84 Å². The molecule has 1 aromatic carbocycles. The van der Waals surface area contributed by atoms with Crippen LogP contribution in [-0.4, -0.2) is 14.9 Å². The monoisotopic (exact) mass is 278 g/mol. The smallest absolute Gasteiger partial charge is 0.329 e. The number of nitrogens with zero attached hydrogens (tertiary/aromatic N) is 3. The lowest BCUT2D eigenvalue weighted by atomic mass is 10.2. The fraction of sp³-hybridized carbons (Fsp3) is 0.0909. The second kappa shape index (κ2) is 5.45. The van der Waals surface area contributed by atoms with Gasteiger partial charge >= 0.3 is 5.69 Å². The zero-order valence-corrected chi connectivity index (χ0v) is 10.4. The van der Waals surface area contributed by atoms with Crippen molar-refractivity contribution in [2.24, 2.45) is 5.84 Å². The third-order valence-corrected chi connectivity index (χ3v) is 2.55. The Labute approximate surface area is 113 Å². The van der Waals surface area contributed by atoms with Gasteiger partial charge in [0.2, 0.25) is 11.8 Å². The van der Waals surface area contributed by atoms with E-state index in [1.54, 1.807) is 13.0 Å². The first kappa shape index (κ1) is 13.6. The van der Waals surface area contributed by atoms with Crippen LogP contribution in [0.25, 0.3) is 0 Å². The minimum absolute atomic E-state index is 0.00663. The van der Waals surface area contributed by atoms with E-state index in [0.717, 1.165) is 6.20 Å². The molecule has 1 aromatic heterocycles. The molecule has 0 bridgehead atoms. The number of nitro groups is 1. The van der Waals surface area contributed by atoms with Gasteiger partial charge in [-0.2, -0.15) is 4.98 Å². The number of halogens is 1. The number of rotatable bonds is 4. The predicted octanol–water partition coefficient (Wildman–Crippen LogP) is 1.86. The molecule has 104 valence electrons. The highest BCUT2D eigenvalue weighted by Gasteiger charge is 2.18. The highest BCUT2D eigenvalue weighted by atomic mass is 19.1. The van der Waals surface area contributed by atoms with Gasteiger partial charge in [0, 0.05) is 5.69 Å². The number of hydrogen-bond acceptors (Lipinski definition) is 7. The van der Waals surface area contributed by atoms with Crippen LogP contribution in [-0.2, 0) is 0 Å². The standard InChI is InChI=1S/C11H11FN6O2/c1-6-2-3-7(12)4-8(6)15-10-9(18(19)20)5-14-11(16-10)17-13/h2-5H,13H2,1H3,(H2,14,15,16,17). The molecule has 2 rings (SSSR count). The van der Waals surface area contributed by atoms with Crippen molar-refractivity contribution >= 4 is 23.1 Å². The molecule has 0 amide bonds. The summed E-state index contributed by atoms with van der Waals surface area (Å²) in [5.41, 5.74) is 2.93. The van der Waals surface area contributed by atoms with E-state index in [9.17, 15) is 14.5 Å². The second-order valence-electron chi connectivity index (χ2n) is 3.91. The molecule has 0 saturated heterocycles. The number of anilines is 3. The highest BCUT2D eigenvalue weighted by molar-refractivity contribution is 5.68. The number of benzene rings is 1. The van der Waals surface area contributed by atoms with Crippen molar-refractivity contribution in [1.82, 2.24) is 9.97 Å². The largest absolute Gasteiger partial charge is 0.334 e. The molecule has 0 aliphatic rings. The summed E-state index contributed by atoms with van der Waals surface area (Å²) in [5.74, 6) is 4.62. The van der Waals surface area contributed by atoms with Crippen molar-refractivity contribution in [3.63, 3.8) is 0 Å². The lowest BCUT2D eigenvalue weighted by Gasteiger charge is -2.09. The van der Waals surface area contributed by atoms with Crippen LogP contribution in [0.3, 0.4) is 0 Å². The first-order chi connectivity index (χ1) is 9.51. The molecule has 0 fully saturated rings. The molecule has 0 saturated carbocycles. The Balaban J connectivity index is 2.45. The van der Waals surface area contributed by atoms with Crippen LogP contribution in [0.15, 0.2) is 24.4 Å². The lowest BCUT2D eigenvalue weighted by Crippen LogP contribution is -2.12. The summed E-state index contributed by atoms with van der Waals surface area (Å²) in [6, 6.07) is 4.06. The normalized spacial score (nSPS) is 10.2. The molecule has 8 nitrogen and oxygen atoms in total. The summed E-state index contributed by atoms with van der Waals surface area (Å²) < 4.78 is 13.2. The number of nitrogen functional groups attached to an aromatic ring is 1. The molecule has 0 aliphatic carbocycles. The lowest BCUT2D eigenvalue weighted by molar-refractivity contribution is -0.384. The van der Waals surface area contributed by atoms with E-state index in [0.29, 0.717) is 11.3 Å². The number of aromatic nitrogens is 2. The van der Waals surface area contributed by atoms with Crippen molar-refractivity contribution < 1.29 is 9.31 Å². The van der Waals surface area contributed by atoms with Crippen molar-refractivity contribution in [3.8, 4) is 0 Å². The van der Waals surface area contributed by atoms with Crippen LogP contribution >= 0.6 is 0 Å². The van der Waals surface area contributed by atoms with E-state index < -0.39 is 10.7 Å². The van der Waals surface area contributed by atoms with E-state index in [2.05, 4.69) is 20.7 Å². The Morgan fingerprint density at radius 3 is 2.85 bits per heavy atom. The summed E-state index contributed by atoms with van der Waals surface area (Å²) in [6.45, 7) is 1.73. The van der Waals surface area contributed by atoms with Crippen molar-refractivity contribution in [2.45, 2.75) is 6.92 Å². The second-order valence-corrected chi connectivity index (χ2v) is 3.91. The number of aryl methyl sites for hydroxylation is 1. The summed E-state index contributed by atoms with van der Waals surface area (Å²) in [4.78, 5) is 17.8. The SMILES string of the molecule is Cc1ccc(F)cc1Nc1nc(NN)ncc1[N+](=O)[O-]. The molecule has 4 N–H and O–H groups in total. The minimum atomic E-state index is -0.642. The summed E-state index contributed by atoms with van der Waals surface area (Å²) in [5, 5.41) is 13.6. The van der Waals surface area contributed by atoms with Gasteiger partial charge in [-0.3, -0.25) is 15.5 Å². The fourth-order valence-corrected chi connectivity index (χ4v) is 1.53. The molecule has 20 heavy (non-hydrogen) atoms. The van der Waals surface area contributed by atoms with Gasteiger partial charge in [0.15, 0.2) is 0 Å². The third kappa shape index (κ3) is 2.78. The van der Waals surface area contributed by atoms with E-state index in [1.165, 1.54) is 12.1 Å². The molecule has 0 atom stereocenters. The molecule has 0 aliphatic heterocycles. The Morgan fingerprint density at radius 2 is 2.20 bits per heavy atom. The number of nitrogens with two attached hydrogens (primary N) is 1. The summed E-state index contributed by atoms with van der Waals surface area (Å²) >= 11 is 0. The maximum atomic E-state index is 13.2. The van der Waals surface area contributed by atoms with Crippen LogP contribution in [0.2, 0.25) is 0 Å². The molecule has 0 unspecified atom stereocenters. The van der Waals surface area contributed by atoms with Gasteiger partial charge in [-0.15, -0.1) is 0 Å². The van der Waals surface area contributed by atoms with Crippen molar-refractivity contribution in [1.29, 1.82) is 0 Å². The van der Waals surface area contributed by atoms with Gasteiger partial charge in [0.05, 0.1) is 4.92 Å². The van der Waals surface area contributed by atoms with Crippen LogP contribution in [0.5, 0.6) is 0 Å². The van der Waals surface area contributed by atoms with Crippen LogP contribution in [0.4, 0.5) is 27.5 Å². The minimum Gasteiger partial charge on any atom is -0.334 e.